The van der Waals surface area contributed by atoms with Crippen molar-refractivity contribution in [1.29, 1.82) is 0 Å². The molecule has 4 rings (SSSR count). The zero-order valence-electron chi connectivity index (χ0n) is 16.5. The first kappa shape index (κ1) is 18.7. The third-order valence-electron chi connectivity index (χ3n) is 6.46. The van der Waals surface area contributed by atoms with E-state index in [1.54, 1.807) is 0 Å². The summed E-state index contributed by atoms with van der Waals surface area (Å²) in [5, 5.41) is 4.74. The number of ether oxygens (including phenoxy) is 1. The average Bonchev–Trinajstić information content (AvgIpc) is 3.07. The van der Waals surface area contributed by atoms with E-state index in [1.807, 2.05) is 15.7 Å². The summed E-state index contributed by atoms with van der Waals surface area (Å²) in [6.07, 6.45) is 7.57. The van der Waals surface area contributed by atoms with Crippen LogP contribution < -0.4 is 0 Å². The number of hydrogen-bond acceptors (Lipinski definition) is 4. The molecule has 1 aliphatic carbocycles. The second kappa shape index (κ2) is 8.15. The van der Waals surface area contributed by atoms with Crippen LogP contribution in [0.5, 0.6) is 0 Å². The number of morpholine rings is 1. The molecule has 1 atom stereocenters. The summed E-state index contributed by atoms with van der Waals surface area (Å²) in [4.78, 5) is 17.7. The highest BCUT2D eigenvalue weighted by molar-refractivity contribution is 5.94. The number of likely N-dealkylation sites (tertiary alicyclic amines) is 1. The zero-order chi connectivity index (χ0) is 18.8. The predicted molar refractivity (Wildman–Crippen MR) is 105 cm³/mol. The van der Waals surface area contributed by atoms with Crippen LogP contribution in [0.4, 0.5) is 0 Å². The van der Waals surface area contributed by atoms with Crippen LogP contribution in [0.25, 0.3) is 0 Å². The first-order valence-corrected chi connectivity index (χ1v) is 10.5. The molecule has 2 aliphatic heterocycles. The molecule has 2 fully saturated rings. The average molecular weight is 373 g/mol. The lowest BCUT2D eigenvalue weighted by Crippen LogP contribution is -2.44. The van der Waals surface area contributed by atoms with E-state index < -0.39 is 0 Å². The van der Waals surface area contributed by atoms with Gasteiger partial charge in [0.25, 0.3) is 5.91 Å². The number of carbonyl (C=O) groups is 1. The van der Waals surface area contributed by atoms with Gasteiger partial charge >= 0.3 is 0 Å². The molecular weight excluding hydrogens is 340 g/mol. The van der Waals surface area contributed by atoms with Gasteiger partial charge in [0, 0.05) is 30.4 Å². The molecule has 1 amide bonds. The van der Waals surface area contributed by atoms with Gasteiger partial charge in [-0.3, -0.25) is 9.48 Å². The molecule has 1 aromatic rings. The lowest BCUT2D eigenvalue weighted by Gasteiger charge is -2.38. The van der Waals surface area contributed by atoms with E-state index in [1.165, 1.54) is 37.2 Å². The van der Waals surface area contributed by atoms with E-state index in [9.17, 15) is 4.79 Å². The number of nitrogens with zero attached hydrogens (tertiary/aromatic N) is 4. The van der Waals surface area contributed by atoms with E-state index in [0.29, 0.717) is 44.6 Å². The van der Waals surface area contributed by atoms with Crippen LogP contribution in [0.2, 0.25) is 0 Å². The Hall–Kier alpha value is -1.66. The smallest absolute Gasteiger partial charge is 0.274 e. The number of allylic oxidation sites excluding steroid dienone is 1. The number of fused-ring (bicyclic) bond motifs is 1. The van der Waals surface area contributed by atoms with Gasteiger partial charge in [-0.2, -0.15) is 5.10 Å². The zero-order valence-corrected chi connectivity index (χ0v) is 16.5. The van der Waals surface area contributed by atoms with Gasteiger partial charge in [0.1, 0.15) is 0 Å². The van der Waals surface area contributed by atoms with E-state index in [2.05, 4.69) is 18.4 Å². The highest BCUT2D eigenvalue weighted by Gasteiger charge is 2.34. The van der Waals surface area contributed by atoms with Gasteiger partial charge in [-0.05, 0) is 51.1 Å². The molecule has 27 heavy (non-hydrogen) atoms. The summed E-state index contributed by atoms with van der Waals surface area (Å²) in [7, 11) is 0. The van der Waals surface area contributed by atoms with Gasteiger partial charge in [-0.25, -0.2) is 0 Å². The van der Waals surface area contributed by atoms with Gasteiger partial charge in [0.05, 0.1) is 19.8 Å². The summed E-state index contributed by atoms with van der Waals surface area (Å²) in [6, 6.07) is 0.544. The predicted octanol–water partition coefficient (Wildman–Crippen LogP) is 2.13. The number of piperidine rings is 1. The molecule has 0 unspecified atom stereocenters. The van der Waals surface area contributed by atoms with Crippen molar-refractivity contribution in [3.8, 4) is 0 Å². The lowest BCUT2D eigenvalue weighted by molar-refractivity contribution is 0.0297. The Balaban J connectivity index is 1.57. The molecule has 0 spiro atoms. The number of carbonyl (C=O) groups excluding carboxylic acids is 1. The van der Waals surface area contributed by atoms with Crippen molar-refractivity contribution in [3.63, 3.8) is 0 Å². The van der Waals surface area contributed by atoms with Crippen molar-refractivity contribution in [3.05, 3.63) is 29.6 Å². The SMILES string of the molecule is C=CCn1nc(C(=O)N2CCOCC2)c2c1CC[C@@H](N1CCC(C)CC1)C2. The van der Waals surface area contributed by atoms with E-state index in [-0.39, 0.29) is 5.91 Å². The van der Waals surface area contributed by atoms with Crippen LogP contribution in [0.15, 0.2) is 12.7 Å². The second-order valence-corrected chi connectivity index (χ2v) is 8.26. The van der Waals surface area contributed by atoms with Crippen molar-refractivity contribution in [2.45, 2.75) is 51.6 Å². The maximum atomic E-state index is 13.2. The van der Waals surface area contributed by atoms with E-state index >= 15 is 0 Å². The topological polar surface area (TPSA) is 50.6 Å². The Morgan fingerprint density at radius 2 is 1.96 bits per heavy atom. The van der Waals surface area contributed by atoms with Crippen LogP contribution in [0.1, 0.15) is 47.9 Å². The Morgan fingerprint density at radius 3 is 2.67 bits per heavy atom. The number of hydrogen-bond donors (Lipinski definition) is 0. The normalized spacial score (nSPS) is 24.6. The monoisotopic (exact) mass is 372 g/mol. The molecule has 148 valence electrons. The Bertz CT molecular complexity index is 685. The summed E-state index contributed by atoms with van der Waals surface area (Å²) in [5.74, 6) is 0.916. The second-order valence-electron chi connectivity index (χ2n) is 8.26. The van der Waals surface area contributed by atoms with Crippen molar-refractivity contribution in [2.24, 2.45) is 5.92 Å². The Morgan fingerprint density at radius 1 is 1.22 bits per heavy atom. The number of amides is 1. The molecule has 3 aliphatic rings. The van der Waals surface area contributed by atoms with Gasteiger partial charge in [0.15, 0.2) is 5.69 Å². The highest BCUT2D eigenvalue weighted by atomic mass is 16.5. The van der Waals surface area contributed by atoms with Gasteiger partial charge in [-0.15, -0.1) is 6.58 Å². The van der Waals surface area contributed by atoms with Crippen LogP contribution in [0.3, 0.4) is 0 Å². The lowest BCUT2D eigenvalue weighted by atomic mass is 9.88. The molecule has 0 saturated carbocycles. The Labute approximate surface area is 162 Å². The summed E-state index contributed by atoms with van der Waals surface area (Å²) in [6.45, 7) is 11.8. The fourth-order valence-electron chi connectivity index (χ4n) is 4.74. The van der Waals surface area contributed by atoms with Crippen molar-refractivity contribution < 1.29 is 9.53 Å². The molecule has 3 heterocycles. The molecule has 1 aromatic heterocycles. The summed E-state index contributed by atoms with van der Waals surface area (Å²) < 4.78 is 7.41. The number of aromatic nitrogens is 2. The standard InChI is InChI=1S/C21H32N4O2/c1-3-8-25-19-5-4-17(23-9-6-16(2)7-10-23)15-18(19)20(22-25)21(26)24-11-13-27-14-12-24/h3,16-17H,1,4-15H2,2H3/t17-/m1/s1. The van der Waals surface area contributed by atoms with Crippen molar-refractivity contribution in [1.82, 2.24) is 19.6 Å². The minimum atomic E-state index is 0.0743. The minimum absolute atomic E-state index is 0.0743. The Kier molecular flexibility index (Phi) is 5.64. The molecule has 6 heteroatoms. The molecule has 0 N–H and O–H groups in total. The van der Waals surface area contributed by atoms with Crippen LogP contribution in [-0.2, 0) is 24.1 Å². The van der Waals surface area contributed by atoms with Gasteiger partial charge in [-0.1, -0.05) is 13.0 Å². The molecule has 0 bridgehead atoms. The van der Waals surface area contributed by atoms with Crippen LogP contribution in [0, 0.1) is 5.92 Å². The third-order valence-corrected chi connectivity index (χ3v) is 6.46. The molecule has 2 saturated heterocycles. The van der Waals surface area contributed by atoms with Crippen molar-refractivity contribution in [2.75, 3.05) is 39.4 Å². The van der Waals surface area contributed by atoms with Gasteiger partial charge < -0.3 is 14.5 Å². The van der Waals surface area contributed by atoms with Crippen LogP contribution >= 0.6 is 0 Å². The molecular formula is C21H32N4O2. The summed E-state index contributed by atoms with van der Waals surface area (Å²) in [5.41, 5.74) is 3.10. The van der Waals surface area contributed by atoms with Gasteiger partial charge in [0.2, 0.25) is 0 Å². The quantitative estimate of drug-likeness (QED) is 0.760. The number of rotatable bonds is 4. The minimum Gasteiger partial charge on any atom is -0.378 e. The largest absolute Gasteiger partial charge is 0.378 e. The molecule has 0 radical (unpaired) electrons. The molecule has 0 aromatic carbocycles. The molecule has 6 nitrogen and oxygen atoms in total. The summed E-state index contributed by atoms with van der Waals surface area (Å²) >= 11 is 0. The maximum Gasteiger partial charge on any atom is 0.274 e. The fraction of sp³-hybridized carbons (Fsp3) is 0.714. The fourth-order valence-corrected chi connectivity index (χ4v) is 4.74. The first-order chi connectivity index (χ1) is 13.2. The highest BCUT2D eigenvalue weighted by Crippen LogP contribution is 2.30. The van der Waals surface area contributed by atoms with Crippen LogP contribution in [-0.4, -0.2) is 70.9 Å². The van der Waals surface area contributed by atoms with E-state index in [4.69, 9.17) is 9.84 Å². The maximum absolute atomic E-state index is 13.2. The first-order valence-electron chi connectivity index (χ1n) is 10.5. The van der Waals surface area contributed by atoms with Crippen molar-refractivity contribution >= 4 is 5.91 Å². The third kappa shape index (κ3) is 3.83. The van der Waals surface area contributed by atoms with E-state index in [0.717, 1.165) is 25.2 Å².